The third-order valence-electron chi connectivity index (χ3n) is 6.88. The van der Waals surface area contributed by atoms with Crippen molar-refractivity contribution in [2.24, 2.45) is 5.73 Å². The minimum atomic E-state index is -0.624. The zero-order chi connectivity index (χ0) is 24.9. The smallest absolute Gasteiger partial charge is 0.271 e. The van der Waals surface area contributed by atoms with Gasteiger partial charge in [-0.15, -0.1) is 0 Å². The number of aryl methyl sites for hydroxylation is 1. The van der Waals surface area contributed by atoms with Crippen LogP contribution in [0.4, 0.5) is 23.0 Å². The summed E-state index contributed by atoms with van der Waals surface area (Å²) in [5.41, 5.74) is 9.39. The van der Waals surface area contributed by atoms with Gasteiger partial charge in [0.05, 0.1) is 11.8 Å². The molecule has 1 aromatic carbocycles. The number of carbonyl (C=O) groups is 1. The second-order valence-electron chi connectivity index (χ2n) is 9.52. The maximum absolute atomic E-state index is 12.3. The summed E-state index contributed by atoms with van der Waals surface area (Å²) in [6.07, 6.45) is 5.46. The first-order valence-electron chi connectivity index (χ1n) is 12.5. The second-order valence-corrected chi connectivity index (χ2v) is 9.52. The topological polar surface area (TPSA) is 120 Å². The molecule has 2 fully saturated rings. The van der Waals surface area contributed by atoms with Crippen LogP contribution < -0.4 is 21.3 Å². The van der Waals surface area contributed by atoms with Gasteiger partial charge >= 0.3 is 0 Å². The molecule has 4 rings (SSSR count). The van der Waals surface area contributed by atoms with Gasteiger partial charge in [0.25, 0.3) is 5.91 Å². The first-order chi connectivity index (χ1) is 16.9. The van der Waals surface area contributed by atoms with Gasteiger partial charge in [-0.2, -0.15) is 0 Å². The van der Waals surface area contributed by atoms with E-state index < -0.39 is 5.91 Å². The van der Waals surface area contributed by atoms with Crippen LogP contribution in [0, 0.1) is 0 Å². The van der Waals surface area contributed by atoms with E-state index in [0.717, 1.165) is 68.8 Å². The van der Waals surface area contributed by atoms with E-state index in [1.165, 1.54) is 0 Å². The number of carbonyl (C=O) groups excluding carboxylic acids is 1. The number of hydrogen-bond donors (Lipinski definition) is 4. The minimum absolute atomic E-state index is 0.122. The number of nitrogens with one attached hydrogen (secondary N) is 2. The average Bonchev–Trinajstić information content (AvgIpc) is 2.85. The molecule has 9 heteroatoms. The summed E-state index contributed by atoms with van der Waals surface area (Å²) in [5.74, 6) is 0.361. The number of nitrogens with zero attached hydrogens (tertiary/aromatic N) is 4. The lowest BCUT2D eigenvalue weighted by atomic mass is 9.93. The molecule has 1 aliphatic carbocycles. The molecule has 9 nitrogen and oxygen atoms in total. The Labute approximate surface area is 207 Å². The first-order valence-corrected chi connectivity index (χ1v) is 12.5. The number of hydrogen-bond acceptors (Lipinski definition) is 8. The van der Waals surface area contributed by atoms with E-state index in [4.69, 9.17) is 10.7 Å². The Kier molecular flexibility index (Phi) is 7.87. The third-order valence-corrected chi connectivity index (χ3v) is 6.88. The van der Waals surface area contributed by atoms with Gasteiger partial charge < -0.3 is 31.3 Å². The van der Waals surface area contributed by atoms with Crippen molar-refractivity contribution in [3.05, 3.63) is 41.7 Å². The highest BCUT2D eigenvalue weighted by atomic mass is 16.3. The molecule has 2 heterocycles. The maximum Gasteiger partial charge on any atom is 0.271 e. The number of anilines is 4. The second kappa shape index (κ2) is 11.0. The molecular weight excluding hydrogens is 442 g/mol. The fourth-order valence-electron chi connectivity index (χ4n) is 4.71. The average molecular weight is 480 g/mol. The number of primary amides is 1. The van der Waals surface area contributed by atoms with Crippen LogP contribution in [-0.4, -0.2) is 71.3 Å². The molecule has 1 saturated heterocycles. The van der Waals surface area contributed by atoms with E-state index in [2.05, 4.69) is 51.2 Å². The molecule has 0 atom stereocenters. The monoisotopic (exact) mass is 479 g/mol. The van der Waals surface area contributed by atoms with Crippen molar-refractivity contribution in [1.82, 2.24) is 14.9 Å². The molecule has 2 aliphatic rings. The summed E-state index contributed by atoms with van der Waals surface area (Å²) in [6, 6.07) is 6.36. The number of aliphatic hydroxyl groups excluding tert-OH is 1. The van der Waals surface area contributed by atoms with Crippen molar-refractivity contribution < 1.29 is 9.90 Å². The van der Waals surface area contributed by atoms with E-state index in [9.17, 15) is 9.90 Å². The van der Waals surface area contributed by atoms with E-state index >= 15 is 0 Å². The number of aromatic nitrogens is 2. The Bertz CT molecular complexity index is 1060. The van der Waals surface area contributed by atoms with Crippen LogP contribution in [0.5, 0.6) is 0 Å². The highest BCUT2D eigenvalue weighted by Crippen LogP contribution is 2.29. The fourth-order valence-corrected chi connectivity index (χ4v) is 4.71. The van der Waals surface area contributed by atoms with Crippen molar-refractivity contribution in [3.63, 3.8) is 0 Å². The number of piperazine rings is 1. The van der Waals surface area contributed by atoms with Crippen molar-refractivity contribution in [2.75, 3.05) is 48.8 Å². The molecule has 0 spiro atoms. The molecule has 1 aromatic heterocycles. The van der Waals surface area contributed by atoms with Crippen LogP contribution in [0.2, 0.25) is 0 Å². The van der Waals surface area contributed by atoms with Gasteiger partial charge in [0, 0.05) is 43.6 Å². The first kappa shape index (κ1) is 24.9. The van der Waals surface area contributed by atoms with Gasteiger partial charge in [0.1, 0.15) is 5.82 Å². The lowest BCUT2D eigenvalue weighted by molar-refractivity contribution is 0.0996. The highest BCUT2D eigenvalue weighted by molar-refractivity contribution is 5.96. The number of nitrogens with two attached hydrogens (primary N) is 1. The van der Waals surface area contributed by atoms with Crippen LogP contribution in [0.1, 0.15) is 54.4 Å². The number of rotatable bonds is 8. The van der Waals surface area contributed by atoms with E-state index in [-0.39, 0.29) is 17.8 Å². The summed E-state index contributed by atoms with van der Waals surface area (Å²) >= 11 is 0. The lowest BCUT2D eigenvalue weighted by Crippen LogP contribution is -2.44. The number of benzene rings is 1. The molecule has 1 amide bonds. The number of amides is 1. The summed E-state index contributed by atoms with van der Waals surface area (Å²) in [4.78, 5) is 26.3. The van der Waals surface area contributed by atoms with Crippen LogP contribution in [0.3, 0.4) is 0 Å². The van der Waals surface area contributed by atoms with Gasteiger partial charge in [-0.1, -0.05) is 19.6 Å². The third kappa shape index (κ3) is 6.10. The van der Waals surface area contributed by atoms with Crippen molar-refractivity contribution in [3.8, 4) is 0 Å². The van der Waals surface area contributed by atoms with Crippen molar-refractivity contribution >= 4 is 35.0 Å². The molecule has 0 bridgehead atoms. The van der Waals surface area contributed by atoms with Crippen LogP contribution in [-0.2, 0) is 6.42 Å². The molecule has 35 heavy (non-hydrogen) atoms. The molecule has 2 aromatic rings. The molecule has 5 N–H and O–H groups in total. The molecule has 188 valence electrons. The predicted octanol–water partition coefficient (Wildman–Crippen LogP) is 2.99. The van der Waals surface area contributed by atoms with Crippen molar-refractivity contribution in [2.45, 2.75) is 51.2 Å². The normalized spacial score (nSPS) is 20.9. The van der Waals surface area contributed by atoms with Crippen molar-refractivity contribution in [1.29, 1.82) is 0 Å². The SMILES string of the molecule is C=Cc1cc(Nc2nc(N[C@H]3CC[C@H](O)CC3)c(CC)nc2C(N)=O)cc(N2CCN(C)CC2)c1. The summed E-state index contributed by atoms with van der Waals surface area (Å²) in [6.45, 7) is 9.82. The van der Waals surface area contributed by atoms with E-state index in [1.807, 2.05) is 19.1 Å². The number of likely N-dealkylation sites (N-methyl/N-ethyl adjacent to an activating group) is 1. The Morgan fingerprint density at radius 1 is 1.14 bits per heavy atom. The Morgan fingerprint density at radius 2 is 1.86 bits per heavy atom. The fraction of sp³-hybridized carbons (Fsp3) is 0.500. The van der Waals surface area contributed by atoms with Crippen LogP contribution >= 0.6 is 0 Å². The van der Waals surface area contributed by atoms with Crippen LogP contribution in [0.15, 0.2) is 24.8 Å². The summed E-state index contributed by atoms with van der Waals surface area (Å²) in [5, 5.41) is 16.7. The summed E-state index contributed by atoms with van der Waals surface area (Å²) < 4.78 is 0. The quantitative estimate of drug-likeness (QED) is 0.456. The maximum atomic E-state index is 12.3. The zero-order valence-electron chi connectivity index (χ0n) is 20.8. The summed E-state index contributed by atoms with van der Waals surface area (Å²) in [7, 11) is 2.13. The molecular formula is C26H37N7O2. The van der Waals surface area contributed by atoms with Crippen LogP contribution in [0.25, 0.3) is 6.08 Å². The van der Waals surface area contributed by atoms with Gasteiger partial charge in [0.15, 0.2) is 11.5 Å². The van der Waals surface area contributed by atoms with Gasteiger partial charge in [0.2, 0.25) is 0 Å². The Balaban J connectivity index is 1.64. The molecule has 0 radical (unpaired) electrons. The van der Waals surface area contributed by atoms with E-state index in [1.54, 1.807) is 0 Å². The Hall–Kier alpha value is -3.17. The largest absolute Gasteiger partial charge is 0.393 e. The lowest BCUT2D eigenvalue weighted by Gasteiger charge is -2.34. The number of aliphatic hydroxyl groups is 1. The van der Waals surface area contributed by atoms with Gasteiger partial charge in [-0.05, 0) is 62.9 Å². The minimum Gasteiger partial charge on any atom is -0.393 e. The van der Waals surface area contributed by atoms with Gasteiger partial charge in [-0.3, -0.25) is 4.79 Å². The Morgan fingerprint density at radius 3 is 2.49 bits per heavy atom. The predicted molar refractivity (Wildman–Crippen MR) is 141 cm³/mol. The molecule has 1 aliphatic heterocycles. The van der Waals surface area contributed by atoms with E-state index in [0.29, 0.717) is 23.8 Å². The standard InChI is InChI=1S/C26H37N7O2/c1-4-17-14-19(16-20(15-17)33-12-10-32(3)11-13-33)29-26-23(24(27)35)30-22(5-2)25(31-26)28-18-6-8-21(34)9-7-18/h4,14-16,18,21,34H,1,5-13H2,2-3H3,(H2,27,35)(H2,28,29,31)/t18-,21-. The molecule has 1 saturated carbocycles. The molecule has 0 unspecified atom stereocenters. The zero-order valence-corrected chi connectivity index (χ0v) is 20.8. The van der Waals surface area contributed by atoms with Gasteiger partial charge in [-0.25, -0.2) is 9.97 Å². The highest BCUT2D eigenvalue weighted by Gasteiger charge is 2.23.